The van der Waals surface area contributed by atoms with E-state index in [2.05, 4.69) is 17.9 Å². The van der Waals surface area contributed by atoms with Gasteiger partial charge < -0.3 is 10.0 Å². The summed E-state index contributed by atoms with van der Waals surface area (Å²) < 4.78 is 0. The van der Waals surface area contributed by atoms with Crippen molar-refractivity contribution >= 4 is 18.3 Å². The maximum atomic E-state index is 13.5. The Morgan fingerprint density at radius 2 is 1.89 bits per heavy atom. The summed E-state index contributed by atoms with van der Waals surface area (Å²) >= 11 is 0. The fourth-order valence-corrected chi connectivity index (χ4v) is 4.42. The first-order valence-electron chi connectivity index (χ1n) is 10.0. The molecule has 0 aromatic heterocycles. The first-order chi connectivity index (χ1) is 12.6. The van der Waals surface area contributed by atoms with E-state index in [9.17, 15) is 9.90 Å². The van der Waals surface area contributed by atoms with Crippen LogP contribution >= 0.6 is 12.4 Å². The molecule has 4 nitrogen and oxygen atoms in total. The number of hydrogen-bond donors (Lipinski definition) is 1. The number of rotatable bonds is 5. The van der Waals surface area contributed by atoms with Crippen molar-refractivity contribution in [1.82, 2.24) is 9.80 Å². The molecule has 1 aliphatic heterocycles. The van der Waals surface area contributed by atoms with Crippen LogP contribution in [-0.2, 0) is 10.4 Å². The zero-order valence-corrected chi connectivity index (χ0v) is 17.4. The number of hydrogen-bond acceptors (Lipinski definition) is 3. The number of carbonyl (C=O) groups excluding carboxylic acids is 1. The molecule has 1 unspecified atom stereocenters. The molecule has 1 saturated carbocycles. The molecule has 0 spiro atoms. The fourth-order valence-electron chi connectivity index (χ4n) is 4.42. The van der Waals surface area contributed by atoms with E-state index in [1.807, 2.05) is 37.4 Å². The maximum absolute atomic E-state index is 13.5. The molecule has 1 atom stereocenters. The van der Waals surface area contributed by atoms with Crippen molar-refractivity contribution < 1.29 is 9.90 Å². The SMILES string of the molecule is CCN1CC=C(N(C)C(=O)C(O)(c2ccccc2)C2CCCCC2)CC1.Cl. The van der Waals surface area contributed by atoms with Crippen molar-refractivity contribution in [3.63, 3.8) is 0 Å². The van der Waals surface area contributed by atoms with Gasteiger partial charge in [0, 0.05) is 38.2 Å². The summed E-state index contributed by atoms with van der Waals surface area (Å²) in [4.78, 5) is 17.6. The van der Waals surface area contributed by atoms with Gasteiger partial charge in [-0.3, -0.25) is 9.69 Å². The smallest absolute Gasteiger partial charge is 0.263 e. The van der Waals surface area contributed by atoms with Gasteiger partial charge in [0.2, 0.25) is 0 Å². The van der Waals surface area contributed by atoms with Gasteiger partial charge in [0.25, 0.3) is 5.91 Å². The molecule has 1 aromatic rings. The molecule has 1 heterocycles. The fraction of sp³-hybridized carbons (Fsp3) is 0.591. The van der Waals surface area contributed by atoms with Gasteiger partial charge in [-0.05, 0) is 24.9 Å². The van der Waals surface area contributed by atoms with Crippen LogP contribution in [0.15, 0.2) is 42.1 Å². The third-order valence-corrected chi connectivity index (χ3v) is 6.19. The normalized spacial score (nSPS) is 20.9. The molecule has 0 bridgehead atoms. The summed E-state index contributed by atoms with van der Waals surface area (Å²) in [6.45, 7) is 5.02. The molecule has 2 aliphatic rings. The standard InChI is InChI=1S/C22H32N2O2.ClH/c1-3-24-16-14-20(15-17-24)23(2)21(25)22(26,18-10-6-4-7-11-18)19-12-8-5-9-13-19;/h4,6-7,10-11,14,19,26H,3,5,8-9,12-13,15-17H2,1-2H3;1H. The van der Waals surface area contributed by atoms with Gasteiger partial charge in [0.15, 0.2) is 5.60 Å². The zero-order valence-electron chi connectivity index (χ0n) is 16.6. The summed E-state index contributed by atoms with van der Waals surface area (Å²) in [5.41, 5.74) is 0.333. The van der Waals surface area contributed by atoms with Gasteiger partial charge in [0.05, 0.1) is 0 Å². The van der Waals surface area contributed by atoms with Crippen LogP contribution in [0.5, 0.6) is 0 Å². The van der Waals surface area contributed by atoms with E-state index in [1.54, 1.807) is 4.90 Å². The summed E-state index contributed by atoms with van der Waals surface area (Å²) in [7, 11) is 1.83. The predicted molar refractivity (Wildman–Crippen MR) is 112 cm³/mol. The lowest BCUT2D eigenvalue weighted by molar-refractivity contribution is -0.158. The van der Waals surface area contributed by atoms with Crippen molar-refractivity contribution in [3.05, 3.63) is 47.7 Å². The van der Waals surface area contributed by atoms with Crippen LogP contribution in [0.2, 0.25) is 0 Å². The highest BCUT2D eigenvalue weighted by atomic mass is 35.5. The van der Waals surface area contributed by atoms with Crippen molar-refractivity contribution in [2.45, 2.75) is 51.0 Å². The number of halogens is 1. The second kappa shape index (κ2) is 9.72. The Hall–Kier alpha value is -1.36. The summed E-state index contributed by atoms with van der Waals surface area (Å²) in [5.74, 6) is -0.184. The van der Waals surface area contributed by atoms with Gasteiger partial charge in [0.1, 0.15) is 0 Å². The number of carbonyl (C=O) groups is 1. The number of nitrogens with zero attached hydrogens (tertiary/aromatic N) is 2. The van der Waals surface area contributed by atoms with Crippen molar-refractivity contribution in [3.8, 4) is 0 Å². The number of likely N-dealkylation sites (N-methyl/N-ethyl adjacent to an activating group) is 2. The average molecular weight is 393 g/mol. The minimum atomic E-state index is -1.43. The topological polar surface area (TPSA) is 43.8 Å². The number of aliphatic hydroxyl groups is 1. The highest BCUT2D eigenvalue weighted by molar-refractivity contribution is 5.88. The second-order valence-electron chi connectivity index (χ2n) is 7.67. The lowest BCUT2D eigenvalue weighted by atomic mass is 9.72. The summed E-state index contributed by atoms with van der Waals surface area (Å²) in [6.07, 6.45) is 8.18. The van der Waals surface area contributed by atoms with Crippen LogP contribution in [0, 0.1) is 5.92 Å². The predicted octanol–water partition coefficient (Wildman–Crippen LogP) is 3.94. The number of amides is 1. The van der Waals surface area contributed by atoms with Crippen LogP contribution in [0.1, 0.15) is 51.0 Å². The molecular formula is C22H33ClN2O2. The third kappa shape index (κ3) is 4.56. The number of benzene rings is 1. The average Bonchev–Trinajstić information content (AvgIpc) is 2.73. The van der Waals surface area contributed by atoms with Crippen LogP contribution in [0.25, 0.3) is 0 Å². The molecule has 1 N–H and O–H groups in total. The Labute approximate surface area is 169 Å². The lowest BCUT2D eigenvalue weighted by Gasteiger charge is -2.41. The van der Waals surface area contributed by atoms with Gasteiger partial charge in [-0.25, -0.2) is 0 Å². The van der Waals surface area contributed by atoms with Gasteiger partial charge in [-0.1, -0.05) is 62.6 Å². The summed E-state index contributed by atoms with van der Waals surface area (Å²) in [5, 5.41) is 11.7. The van der Waals surface area contributed by atoms with Gasteiger partial charge in [-0.15, -0.1) is 12.4 Å². The molecular weight excluding hydrogens is 360 g/mol. The lowest BCUT2D eigenvalue weighted by Crippen LogP contribution is -2.51. The van der Waals surface area contributed by atoms with E-state index in [0.717, 1.165) is 63.0 Å². The highest BCUT2D eigenvalue weighted by Gasteiger charge is 2.47. The van der Waals surface area contributed by atoms with Gasteiger partial charge in [-0.2, -0.15) is 0 Å². The van der Waals surface area contributed by atoms with E-state index in [0.29, 0.717) is 0 Å². The zero-order chi connectivity index (χ0) is 18.6. The molecule has 1 amide bonds. The molecule has 5 heteroatoms. The summed E-state index contributed by atoms with van der Waals surface area (Å²) in [6, 6.07) is 9.55. The minimum Gasteiger partial charge on any atom is -0.375 e. The molecule has 0 saturated heterocycles. The quantitative estimate of drug-likeness (QED) is 0.825. The Balaban J connectivity index is 0.00000261. The third-order valence-electron chi connectivity index (χ3n) is 6.19. The molecule has 3 rings (SSSR count). The Kier molecular flexibility index (Phi) is 7.90. The Bertz CT molecular complexity index is 643. The molecule has 1 aromatic carbocycles. The van der Waals surface area contributed by atoms with Crippen LogP contribution in [0.4, 0.5) is 0 Å². The first-order valence-corrected chi connectivity index (χ1v) is 10.0. The first kappa shape index (κ1) is 21.9. The Morgan fingerprint density at radius 3 is 2.44 bits per heavy atom. The molecule has 27 heavy (non-hydrogen) atoms. The Morgan fingerprint density at radius 1 is 1.22 bits per heavy atom. The van der Waals surface area contributed by atoms with E-state index in [-0.39, 0.29) is 24.2 Å². The highest BCUT2D eigenvalue weighted by Crippen LogP contribution is 2.41. The molecule has 0 radical (unpaired) electrons. The maximum Gasteiger partial charge on any atom is 0.263 e. The van der Waals surface area contributed by atoms with Crippen molar-refractivity contribution in [2.24, 2.45) is 5.92 Å². The van der Waals surface area contributed by atoms with E-state index in [4.69, 9.17) is 0 Å². The molecule has 1 aliphatic carbocycles. The van der Waals surface area contributed by atoms with Crippen LogP contribution in [0.3, 0.4) is 0 Å². The monoisotopic (exact) mass is 392 g/mol. The van der Waals surface area contributed by atoms with Gasteiger partial charge >= 0.3 is 0 Å². The van der Waals surface area contributed by atoms with Crippen molar-refractivity contribution in [1.29, 1.82) is 0 Å². The van der Waals surface area contributed by atoms with Crippen LogP contribution in [-0.4, -0.2) is 47.5 Å². The van der Waals surface area contributed by atoms with E-state index in [1.165, 1.54) is 6.42 Å². The van der Waals surface area contributed by atoms with Crippen molar-refractivity contribution in [2.75, 3.05) is 26.7 Å². The second-order valence-corrected chi connectivity index (χ2v) is 7.67. The molecule has 1 fully saturated rings. The minimum absolute atomic E-state index is 0. The largest absolute Gasteiger partial charge is 0.375 e. The molecule has 150 valence electrons. The van der Waals surface area contributed by atoms with E-state index < -0.39 is 5.60 Å². The van der Waals surface area contributed by atoms with Crippen LogP contribution < -0.4 is 0 Å². The van der Waals surface area contributed by atoms with E-state index >= 15 is 0 Å².